The zero-order valence-electron chi connectivity index (χ0n) is 12.6. The molecule has 0 radical (unpaired) electrons. The summed E-state index contributed by atoms with van der Waals surface area (Å²) in [6.07, 6.45) is 0. The molecule has 4 rings (SSSR count). The third kappa shape index (κ3) is 2.26. The molecule has 2 aliphatic rings. The minimum Gasteiger partial charge on any atom is -0.323 e. The largest absolute Gasteiger partial charge is 0.323 e. The van der Waals surface area contributed by atoms with Crippen LogP contribution in [0.2, 0.25) is 0 Å². The van der Waals surface area contributed by atoms with E-state index in [0.717, 1.165) is 4.47 Å². The van der Waals surface area contributed by atoms with Crippen molar-refractivity contribution in [2.75, 3.05) is 16.0 Å². The van der Waals surface area contributed by atoms with Crippen LogP contribution >= 0.6 is 27.7 Å². The van der Waals surface area contributed by atoms with Gasteiger partial charge in [0.2, 0.25) is 10.8 Å². The number of fused-ring (bicyclic) bond motifs is 2. The Kier molecular flexibility index (Phi) is 3.58. The number of carbonyl (C=O) groups is 2. The molecule has 1 N–H and O–H groups in total. The van der Waals surface area contributed by atoms with Crippen molar-refractivity contribution in [1.82, 2.24) is 0 Å². The molecule has 1 fully saturated rings. The smallest absolute Gasteiger partial charge is 0.269 e. The van der Waals surface area contributed by atoms with Crippen LogP contribution in [0.4, 0.5) is 17.1 Å². The molecule has 0 bridgehead atoms. The highest BCUT2D eigenvalue weighted by Crippen LogP contribution is 2.54. The predicted octanol–water partition coefficient (Wildman–Crippen LogP) is 3.24. The monoisotopic (exact) mass is 419 g/mol. The fourth-order valence-corrected chi connectivity index (χ4v) is 4.83. The minimum absolute atomic E-state index is 0.113. The SMILES string of the molecule is O=C1CSC2(C(=O)Nc3ccc([N+](=O)[O-])cc32)N1c1cccc(Br)c1. The molecule has 2 heterocycles. The maximum absolute atomic E-state index is 12.8. The van der Waals surface area contributed by atoms with Crippen LogP contribution in [-0.2, 0) is 14.5 Å². The number of anilines is 2. The molecule has 2 aromatic rings. The Morgan fingerprint density at radius 3 is 2.76 bits per heavy atom. The Morgan fingerprint density at radius 1 is 1.24 bits per heavy atom. The third-order valence-electron chi connectivity index (χ3n) is 4.17. The minimum atomic E-state index is -1.33. The van der Waals surface area contributed by atoms with Crippen LogP contribution < -0.4 is 10.2 Å². The number of benzene rings is 2. The second kappa shape index (κ2) is 5.57. The summed E-state index contributed by atoms with van der Waals surface area (Å²) in [7, 11) is 0. The zero-order valence-corrected chi connectivity index (χ0v) is 15.0. The number of hydrogen-bond acceptors (Lipinski definition) is 5. The van der Waals surface area contributed by atoms with Gasteiger partial charge in [-0.25, -0.2) is 0 Å². The van der Waals surface area contributed by atoms with E-state index in [1.54, 1.807) is 18.2 Å². The van der Waals surface area contributed by atoms with Crippen molar-refractivity contribution in [1.29, 1.82) is 0 Å². The first-order valence-electron chi connectivity index (χ1n) is 7.26. The first kappa shape index (κ1) is 16.1. The van der Waals surface area contributed by atoms with E-state index >= 15 is 0 Å². The summed E-state index contributed by atoms with van der Waals surface area (Å²) in [6, 6.07) is 11.3. The van der Waals surface area contributed by atoms with Gasteiger partial charge in [-0.3, -0.25) is 24.6 Å². The highest BCUT2D eigenvalue weighted by atomic mass is 79.9. The van der Waals surface area contributed by atoms with Gasteiger partial charge in [0.15, 0.2) is 0 Å². The highest BCUT2D eigenvalue weighted by molar-refractivity contribution is 9.10. The number of rotatable bonds is 2. The molecule has 0 aromatic heterocycles. The van der Waals surface area contributed by atoms with Gasteiger partial charge in [-0.05, 0) is 24.3 Å². The fraction of sp³-hybridized carbons (Fsp3) is 0.125. The lowest BCUT2D eigenvalue weighted by Crippen LogP contribution is -2.47. The van der Waals surface area contributed by atoms with Gasteiger partial charge < -0.3 is 5.32 Å². The van der Waals surface area contributed by atoms with Crippen LogP contribution in [0.3, 0.4) is 0 Å². The molecule has 25 heavy (non-hydrogen) atoms. The lowest BCUT2D eigenvalue weighted by Gasteiger charge is -2.32. The number of nitrogens with zero attached hydrogens (tertiary/aromatic N) is 2. The van der Waals surface area contributed by atoms with E-state index in [1.165, 1.54) is 34.9 Å². The van der Waals surface area contributed by atoms with Gasteiger partial charge in [-0.1, -0.05) is 22.0 Å². The number of halogens is 1. The summed E-state index contributed by atoms with van der Waals surface area (Å²) in [5.74, 6) is -0.487. The number of non-ortho nitro benzene ring substituents is 1. The maximum atomic E-state index is 12.8. The van der Waals surface area contributed by atoms with Gasteiger partial charge in [0.1, 0.15) is 0 Å². The number of nitro groups is 1. The number of hydrogen-bond donors (Lipinski definition) is 1. The number of nitro benzene ring substituents is 1. The van der Waals surface area contributed by atoms with E-state index in [1.807, 2.05) is 6.07 Å². The van der Waals surface area contributed by atoms with E-state index in [-0.39, 0.29) is 23.3 Å². The first-order chi connectivity index (χ1) is 11.9. The molecule has 2 aromatic carbocycles. The molecular weight excluding hydrogens is 410 g/mol. The van der Waals surface area contributed by atoms with Crippen molar-refractivity contribution in [3.05, 3.63) is 62.6 Å². The summed E-state index contributed by atoms with van der Waals surface area (Å²) in [5, 5.41) is 13.9. The topological polar surface area (TPSA) is 92.5 Å². The molecule has 9 heteroatoms. The van der Waals surface area contributed by atoms with Gasteiger partial charge in [-0.15, -0.1) is 11.8 Å². The molecule has 0 saturated carbocycles. The van der Waals surface area contributed by atoms with Gasteiger partial charge >= 0.3 is 0 Å². The van der Waals surface area contributed by atoms with Crippen LogP contribution in [0.25, 0.3) is 0 Å². The normalized spacial score (nSPS) is 21.6. The van der Waals surface area contributed by atoms with E-state index in [2.05, 4.69) is 21.2 Å². The molecule has 2 aliphatic heterocycles. The molecule has 1 saturated heterocycles. The van der Waals surface area contributed by atoms with Crippen molar-refractivity contribution in [2.45, 2.75) is 4.87 Å². The highest BCUT2D eigenvalue weighted by Gasteiger charge is 2.58. The van der Waals surface area contributed by atoms with Gasteiger partial charge in [0.05, 0.1) is 10.7 Å². The van der Waals surface area contributed by atoms with Gasteiger partial charge in [0, 0.05) is 33.5 Å². The molecular formula is C16H10BrN3O4S. The molecule has 0 aliphatic carbocycles. The molecule has 1 spiro atoms. The Labute approximate surface area is 154 Å². The number of nitrogens with one attached hydrogen (secondary N) is 1. The molecule has 7 nitrogen and oxygen atoms in total. The second-order valence-corrected chi connectivity index (χ2v) is 7.67. The predicted molar refractivity (Wildman–Crippen MR) is 97.5 cm³/mol. The van der Waals surface area contributed by atoms with E-state index in [0.29, 0.717) is 16.9 Å². The van der Waals surface area contributed by atoms with Crippen LogP contribution in [0, 0.1) is 10.1 Å². The Morgan fingerprint density at radius 2 is 2.04 bits per heavy atom. The number of carbonyl (C=O) groups excluding carboxylic acids is 2. The number of amides is 2. The first-order valence-corrected chi connectivity index (χ1v) is 9.04. The summed E-state index contributed by atoms with van der Waals surface area (Å²) in [4.78, 5) is 36.2. The van der Waals surface area contributed by atoms with E-state index in [4.69, 9.17) is 0 Å². The average molecular weight is 420 g/mol. The van der Waals surface area contributed by atoms with Crippen LogP contribution in [0.5, 0.6) is 0 Å². The van der Waals surface area contributed by atoms with Crippen molar-refractivity contribution >= 4 is 56.6 Å². The van der Waals surface area contributed by atoms with Crippen molar-refractivity contribution in [3.63, 3.8) is 0 Å². The van der Waals surface area contributed by atoms with Crippen LogP contribution in [0.15, 0.2) is 46.9 Å². The van der Waals surface area contributed by atoms with E-state index in [9.17, 15) is 19.7 Å². The Hall–Kier alpha value is -2.39. The van der Waals surface area contributed by atoms with Crippen molar-refractivity contribution in [3.8, 4) is 0 Å². The lowest BCUT2D eigenvalue weighted by atomic mass is 10.0. The van der Waals surface area contributed by atoms with Crippen molar-refractivity contribution in [2.24, 2.45) is 0 Å². The molecule has 1 atom stereocenters. The fourth-order valence-electron chi connectivity index (χ4n) is 3.14. The Bertz CT molecular complexity index is 951. The molecule has 126 valence electrons. The maximum Gasteiger partial charge on any atom is 0.269 e. The zero-order chi connectivity index (χ0) is 17.8. The van der Waals surface area contributed by atoms with Crippen LogP contribution in [-0.4, -0.2) is 22.5 Å². The summed E-state index contributed by atoms with van der Waals surface area (Å²) in [6.45, 7) is 0. The average Bonchev–Trinajstić information content (AvgIpc) is 3.06. The standard InChI is InChI=1S/C16H10BrN3O4S/c17-9-2-1-3-10(6-9)19-14(21)8-25-16(19)12-7-11(20(23)24)4-5-13(12)18-15(16)22/h1-7H,8H2,(H,18,22). The third-order valence-corrected chi connectivity index (χ3v) is 6.06. The van der Waals surface area contributed by atoms with Crippen LogP contribution in [0.1, 0.15) is 5.56 Å². The summed E-state index contributed by atoms with van der Waals surface area (Å²) in [5.41, 5.74) is 1.35. The molecule has 2 amide bonds. The second-order valence-electron chi connectivity index (χ2n) is 5.58. The quantitative estimate of drug-likeness (QED) is 0.595. The van der Waals surface area contributed by atoms with Gasteiger partial charge in [0.25, 0.3) is 11.6 Å². The lowest BCUT2D eigenvalue weighted by molar-refractivity contribution is -0.384. The molecule has 1 unspecified atom stereocenters. The van der Waals surface area contributed by atoms with Gasteiger partial charge in [-0.2, -0.15) is 0 Å². The summed E-state index contributed by atoms with van der Waals surface area (Å²) >= 11 is 4.54. The Balaban J connectivity index is 1.94. The van der Waals surface area contributed by atoms with E-state index < -0.39 is 9.79 Å². The number of thioether (sulfide) groups is 1. The summed E-state index contributed by atoms with van der Waals surface area (Å²) < 4.78 is 0.766. The van der Waals surface area contributed by atoms with Crippen molar-refractivity contribution < 1.29 is 14.5 Å².